The Morgan fingerprint density at radius 2 is 1.81 bits per heavy atom. The van der Waals surface area contributed by atoms with E-state index in [4.69, 9.17) is 0 Å². The second-order valence-corrected chi connectivity index (χ2v) is 7.58. The molecule has 1 aromatic carbocycles. The zero-order valence-electron chi connectivity index (χ0n) is 16.6. The molecular formula is C21H29N5O. The highest BCUT2D eigenvalue weighted by molar-refractivity contribution is 5.79. The van der Waals surface area contributed by atoms with Gasteiger partial charge >= 0.3 is 0 Å². The van der Waals surface area contributed by atoms with Crippen LogP contribution in [-0.4, -0.2) is 48.3 Å². The summed E-state index contributed by atoms with van der Waals surface area (Å²) in [5, 5.41) is 14.9. The fourth-order valence-corrected chi connectivity index (χ4v) is 3.45. The van der Waals surface area contributed by atoms with Gasteiger partial charge in [0.1, 0.15) is 0 Å². The second kappa shape index (κ2) is 8.48. The Labute approximate surface area is 161 Å². The van der Waals surface area contributed by atoms with Crippen molar-refractivity contribution >= 4 is 11.7 Å². The van der Waals surface area contributed by atoms with E-state index in [0.29, 0.717) is 12.3 Å². The fourth-order valence-electron chi connectivity index (χ4n) is 3.45. The molecule has 0 spiro atoms. The van der Waals surface area contributed by atoms with Crippen molar-refractivity contribution in [2.75, 3.05) is 25.0 Å². The number of hydrogen-bond donors (Lipinski definition) is 2. The van der Waals surface area contributed by atoms with E-state index in [0.717, 1.165) is 30.2 Å². The smallest absolute Gasteiger partial charge is 0.224 e. The number of anilines is 1. The predicted octanol–water partition coefficient (Wildman–Crippen LogP) is 2.04. The van der Waals surface area contributed by atoms with Crippen LogP contribution >= 0.6 is 0 Å². The number of carbonyl (C=O) groups is 1. The zero-order valence-corrected chi connectivity index (χ0v) is 16.6. The Hall–Kier alpha value is -2.47. The lowest BCUT2D eigenvalue weighted by Crippen LogP contribution is -2.48. The molecule has 6 nitrogen and oxygen atoms in total. The van der Waals surface area contributed by atoms with Crippen LogP contribution in [0.15, 0.2) is 36.4 Å². The molecule has 2 atom stereocenters. The quantitative estimate of drug-likeness (QED) is 0.818. The van der Waals surface area contributed by atoms with Crippen molar-refractivity contribution < 1.29 is 4.79 Å². The molecule has 144 valence electrons. The lowest BCUT2D eigenvalue weighted by Gasteiger charge is -2.19. The topological polar surface area (TPSA) is 70.2 Å². The van der Waals surface area contributed by atoms with Crippen molar-refractivity contribution in [2.45, 2.75) is 45.2 Å². The third-order valence-corrected chi connectivity index (χ3v) is 5.16. The van der Waals surface area contributed by atoms with E-state index in [-0.39, 0.29) is 18.0 Å². The molecule has 0 aliphatic carbocycles. The van der Waals surface area contributed by atoms with Crippen molar-refractivity contribution in [1.29, 1.82) is 0 Å². The molecule has 0 unspecified atom stereocenters. The normalized spacial score (nSPS) is 19.5. The van der Waals surface area contributed by atoms with E-state index in [9.17, 15) is 4.79 Å². The van der Waals surface area contributed by atoms with Crippen LogP contribution in [0.5, 0.6) is 0 Å². The van der Waals surface area contributed by atoms with E-state index in [2.05, 4.69) is 51.7 Å². The van der Waals surface area contributed by atoms with Crippen LogP contribution < -0.4 is 15.5 Å². The molecule has 1 fully saturated rings. The van der Waals surface area contributed by atoms with Crippen LogP contribution in [0, 0.1) is 6.92 Å². The van der Waals surface area contributed by atoms with Crippen LogP contribution in [0.1, 0.15) is 36.6 Å². The first-order valence-corrected chi connectivity index (χ1v) is 9.57. The van der Waals surface area contributed by atoms with Gasteiger partial charge in [-0.1, -0.05) is 38.1 Å². The lowest BCUT2D eigenvalue weighted by atomic mass is 10.0. The van der Waals surface area contributed by atoms with E-state index >= 15 is 0 Å². The van der Waals surface area contributed by atoms with E-state index in [1.165, 1.54) is 5.56 Å². The highest BCUT2D eigenvalue weighted by Gasteiger charge is 2.33. The van der Waals surface area contributed by atoms with Gasteiger partial charge in [0.2, 0.25) is 5.91 Å². The monoisotopic (exact) mass is 367 g/mol. The minimum absolute atomic E-state index is 0.0422. The summed E-state index contributed by atoms with van der Waals surface area (Å²) >= 11 is 0. The molecule has 1 aliphatic heterocycles. The Bertz CT molecular complexity index is 757. The molecule has 1 aliphatic rings. The summed E-state index contributed by atoms with van der Waals surface area (Å²) in [5.41, 5.74) is 3.23. The second-order valence-electron chi connectivity index (χ2n) is 7.58. The van der Waals surface area contributed by atoms with Gasteiger partial charge in [-0.3, -0.25) is 4.79 Å². The highest BCUT2D eigenvalue weighted by Crippen LogP contribution is 2.18. The largest absolute Gasteiger partial charge is 0.351 e. The Morgan fingerprint density at radius 1 is 1.11 bits per heavy atom. The summed E-state index contributed by atoms with van der Waals surface area (Å²) in [5.74, 6) is 1.40. The maximum atomic E-state index is 12.6. The third kappa shape index (κ3) is 4.83. The molecule has 0 saturated carbocycles. The van der Waals surface area contributed by atoms with Gasteiger partial charge in [0.15, 0.2) is 5.82 Å². The van der Waals surface area contributed by atoms with Crippen LogP contribution in [0.3, 0.4) is 0 Å². The number of benzene rings is 1. The number of nitrogens with zero attached hydrogens (tertiary/aromatic N) is 3. The van der Waals surface area contributed by atoms with Gasteiger partial charge in [0.25, 0.3) is 0 Å². The lowest BCUT2D eigenvalue weighted by molar-refractivity contribution is -0.121. The summed E-state index contributed by atoms with van der Waals surface area (Å²) in [6.45, 7) is 7.78. The number of rotatable bonds is 6. The molecule has 1 saturated heterocycles. The number of amides is 1. The van der Waals surface area contributed by atoms with Gasteiger partial charge < -0.3 is 15.5 Å². The molecule has 1 amide bonds. The minimum atomic E-state index is 0.0422. The number of hydrogen-bond acceptors (Lipinski definition) is 5. The SMILES string of the molecule is CN[C@@H]1CN(c2ccc(C)nn2)C[C@H]1NC(=O)Cc1ccc(C(C)C)cc1. The van der Waals surface area contributed by atoms with Crippen molar-refractivity contribution in [3.8, 4) is 0 Å². The first-order chi connectivity index (χ1) is 13.0. The van der Waals surface area contributed by atoms with Crippen LogP contribution in [0.2, 0.25) is 0 Å². The van der Waals surface area contributed by atoms with Gasteiger partial charge in [-0.25, -0.2) is 0 Å². The number of aromatic nitrogens is 2. The van der Waals surface area contributed by atoms with Crippen molar-refractivity contribution in [2.24, 2.45) is 0 Å². The first kappa shape index (κ1) is 19.3. The summed E-state index contributed by atoms with van der Waals surface area (Å²) in [6, 6.07) is 12.5. The molecule has 2 N–H and O–H groups in total. The van der Waals surface area contributed by atoms with Crippen LogP contribution in [-0.2, 0) is 11.2 Å². The molecule has 2 heterocycles. The highest BCUT2D eigenvalue weighted by atomic mass is 16.1. The standard InChI is InChI=1S/C21H29N5O/c1-14(2)17-8-6-16(7-9-17)11-21(27)23-19-13-26(12-18(19)22-4)20-10-5-15(3)24-25-20/h5-10,14,18-19,22H,11-13H2,1-4H3,(H,23,27)/t18-,19-/m1/s1. The number of carbonyl (C=O) groups excluding carboxylic acids is 1. The summed E-state index contributed by atoms with van der Waals surface area (Å²) in [7, 11) is 1.93. The molecular weight excluding hydrogens is 338 g/mol. The Morgan fingerprint density at radius 3 is 2.41 bits per heavy atom. The van der Waals surface area contributed by atoms with Gasteiger partial charge in [-0.2, -0.15) is 5.10 Å². The molecule has 27 heavy (non-hydrogen) atoms. The zero-order chi connectivity index (χ0) is 19.4. The van der Waals surface area contributed by atoms with Crippen LogP contribution in [0.4, 0.5) is 5.82 Å². The number of aryl methyl sites for hydroxylation is 1. The molecule has 0 bridgehead atoms. The van der Waals surface area contributed by atoms with Gasteiger partial charge in [-0.05, 0) is 43.1 Å². The van der Waals surface area contributed by atoms with Gasteiger partial charge in [-0.15, -0.1) is 5.10 Å². The van der Waals surface area contributed by atoms with Crippen molar-refractivity contribution in [3.63, 3.8) is 0 Å². The molecule has 3 rings (SSSR count). The summed E-state index contributed by atoms with van der Waals surface area (Å²) in [4.78, 5) is 14.7. The predicted molar refractivity (Wildman–Crippen MR) is 108 cm³/mol. The average molecular weight is 367 g/mol. The van der Waals surface area contributed by atoms with Crippen molar-refractivity contribution in [1.82, 2.24) is 20.8 Å². The molecule has 6 heteroatoms. The third-order valence-electron chi connectivity index (χ3n) is 5.16. The average Bonchev–Trinajstić information content (AvgIpc) is 3.05. The Kier molecular flexibility index (Phi) is 6.06. The van der Waals surface area contributed by atoms with E-state index < -0.39 is 0 Å². The van der Waals surface area contributed by atoms with E-state index in [1.54, 1.807) is 0 Å². The Balaban J connectivity index is 1.59. The maximum absolute atomic E-state index is 12.6. The molecule has 0 radical (unpaired) electrons. The number of likely N-dealkylation sites (N-methyl/N-ethyl adjacent to an activating group) is 1. The van der Waals surface area contributed by atoms with Gasteiger partial charge in [0.05, 0.1) is 18.2 Å². The van der Waals surface area contributed by atoms with Gasteiger partial charge in [0, 0.05) is 19.1 Å². The summed E-state index contributed by atoms with van der Waals surface area (Å²) < 4.78 is 0. The minimum Gasteiger partial charge on any atom is -0.351 e. The van der Waals surface area contributed by atoms with Crippen LogP contribution in [0.25, 0.3) is 0 Å². The maximum Gasteiger partial charge on any atom is 0.224 e. The fraction of sp³-hybridized carbons (Fsp3) is 0.476. The first-order valence-electron chi connectivity index (χ1n) is 9.57. The molecule has 2 aromatic rings. The van der Waals surface area contributed by atoms with E-state index in [1.807, 2.05) is 38.2 Å². The summed E-state index contributed by atoms with van der Waals surface area (Å²) in [6.07, 6.45) is 0.398. The number of nitrogens with one attached hydrogen (secondary N) is 2. The van der Waals surface area contributed by atoms with Crippen molar-refractivity contribution in [3.05, 3.63) is 53.2 Å². The molecule has 1 aromatic heterocycles.